The number of aryl methyl sites for hydroxylation is 2. The van der Waals surface area contributed by atoms with Crippen molar-refractivity contribution in [2.24, 2.45) is 11.8 Å². The van der Waals surface area contributed by atoms with Crippen LogP contribution in [0.5, 0.6) is 0 Å². The van der Waals surface area contributed by atoms with Crippen molar-refractivity contribution >= 4 is 0 Å². The summed E-state index contributed by atoms with van der Waals surface area (Å²) in [4.78, 5) is 0. The van der Waals surface area contributed by atoms with E-state index >= 15 is 0 Å². The van der Waals surface area contributed by atoms with E-state index in [0.717, 1.165) is 17.8 Å². The summed E-state index contributed by atoms with van der Waals surface area (Å²) in [5.41, 5.74) is 4.42. The Labute approximate surface area is 131 Å². The monoisotopic (exact) mass is 304 g/mol. The fourth-order valence-corrected chi connectivity index (χ4v) is 3.13. The molecule has 0 aromatic heterocycles. The fraction of sp³-hybridized carbons (Fsp3) is 0.562. The van der Waals surface area contributed by atoms with Gasteiger partial charge in [-0.3, -0.25) is 0 Å². The molecule has 1 saturated carbocycles. The van der Waals surface area contributed by atoms with Gasteiger partial charge in [0, 0.05) is 32.7 Å². The van der Waals surface area contributed by atoms with Crippen LogP contribution in [-0.2, 0) is 32.7 Å². The molecule has 0 N–H and O–H groups in total. The summed E-state index contributed by atoms with van der Waals surface area (Å²) < 4.78 is 0. The molecule has 3 unspecified atom stereocenters. The second-order valence-corrected chi connectivity index (χ2v) is 5.57. The minimum Gasteiger partial charge on any atom is -0.322 e. The Morgan fingerprint density at radius 2 is 1.82 bits per heavy atom. The first kappa shape index (κ1) is 15.4. The van der Waals surface area contributed by atoms with Crippen LogP contribution in [0.1, 0.15) is 49.3 Å². The Morgan fingerprint density at radius 1 is 1.12 bits per heavy atom. The van der Waals surface area contributed by atoms with E-state index in [1.54, 1.807) is 5.56 Å². The maximum atomic E-state index is 2.54. The van der Waals surface area contributed by atoms with Crippen molar-refractivity contribution in [1.82, 2.24) is 0 Å². The second-order valence-electron chi connectivity index (χ2n) is 5.57. The predicted octanol–water partition coefficient (Wildman–Crippen LogP) is 4.65. The summed E-state index contributed by atoms with van der Waals surface area (Å²) in [6.45, 7) is 9.15. The van der Waals surface area contributed by atoms with Gasteiger partial charge in [0.2, 0.25) is 0 Å². The smallest absolute Gasteiger partial charge is 0 e. The fourth-order valence-electron chi connectivity index (χ4n) is 3.13. The zero-order valence-corrected chi connectivity index (χ0v) is 14.4. The average Bonchev–Trinajstić information content (AvgIpc) is 2.19. The molecular formula is C16H23Y-. The first-order valence-corrected chi connectivity index (χ1v) is 6.50. The van der Waals surface area contributed by atoms with E-state index in [-0.39, 0.29) is 32.7 Å². The molecule has 0 aliphatic heterocycles. The third-order valence-corrected chi connectivity index (χ3v) is 4.02. The van der Waals surface area contributed by atoms with Crippen molar-refractivity contribution in [2.45, 2.75) is 46.5 Å². The maximum absolute atomic E-state index is 2.54. The second kappa shape index (κ2) is 6.48. The zero-order valence-electron chi connectivity index (χ0n) is 11.5. The number of hydrogen-bond donors (Lipinski definition) is 0. The van der Waals surface area contributed by atoms with E-state index in [1.807, 2.05) is 0 Å². The van der Waals surface area contributed by atoms with E-state index in [4.69, 9.17) is 0 Å². The van der Waals surface area contributed by atoms with Crippen molar-refractivity contribution in [1.29, 1.82) is 0 Å². The Hall–Kier alpha value is 0.324. The minimum absolute atomic E-state index is 0. The van der Waals surface area contributed by atoms with Crippen LogP contribution in [-0.4, -0.2) is 0 Å². The van der Waals surface area contributed by atoms with Crippen LogP contribution in [0, 0.1) is 32.1 Å². The largest absolute Gasteiger partial charge is 0.322 e. The molecule has 1 aliphatic rings. The van der Waals surface area contributed by atoms with Gasteiger partial charge < -0.3 is 6.42 Å². The molecule has 0 bridgehead atoms. The molecule has 17 heavy (non-hydrogen) atoms. The van der Waals surface area contributed by atoms with Crippen LogP contribution >= 0.6 is 0 Å². The van der Waals surface area contributed by atoms with Crippen LogP contribution in [0.4, 0.5) is 0 Å². The van der Waals surface area contributed by atoms with Crippen LogP contribution < -0.4 is 0 Å². The summed E-state index contributed by atoms with van der Waals surface area (Å²) in [5, 5.41) is 0. The van der Waals surface area contributed by atoms with Gasteiger partial charge in [-0.05, 0) is 30.9 Å². The first-order chi connectivity index (χ1) is 7.58. The topological polar surface area (TPSA) is 0 Å². The molecular weight excluding hydrogens is 281 g/mol. The third-order valence-electron chi connectivity index (χ3n) is 4.02. The standard InChI is InChI=1S/C16H23.Y/c1-11-5-7-15(13(3)9-11)16-8-6-12(2)10-14(16)4;/h5,7,9-10,12,14,16H,6,8H2,1-4H3;/q-1;. The Kier molecular flexibility index (Phi) is 5.86. The average molecular weight is 304 g/mol. The van der Waals surface area contributed by atoms with Crippen LogP contribution in [0.15, 0.2) is 18.2 Å². The quantitative estimate of drug-likeness (QED) is 0.662. The molecule has 1 aromatic rings. The summed E-state index contributed by atoms with van der Waals surface area (Å²) in [5.74, 6) is 2.28. The van der Waals surface area contributed by atoms with Gasteiger partial charge in [0.15, 0.2) is 0 Å². The van der Waals surface area contributed by atoms with Gasteiger partial charge in [-0.25, -0.2) is 0 Å². The van der Waals surface area contributed by atoms with Gasteiger partial charge in [-0.2, -0.15) is 11.8 Å². The predicted molar refractivity (Wildman–Crippen MR) is 70.5 cm³/mol. The molecule has 3 atom stereocenters. The molecule has 91 valence electrons. The van der Waals surface area contributed by atoms with Crippen LogP contribution in [0.25, 0.3) is 0 Å². The van der Waals surface area contributed by atoms with Gasteiger partial charge in [0.05, 0.1) is 0 Å². The van der Waals surface area contributed by atoms with E-state index in [0.29, 0.717) is 0 Å². The van der Waals surface area contributed by atoms with Crippen molar-refractivity contribution < 1.29 is 32.7 Å². The van der Waals surface area contributed by atoms with Crippen molar-refractivity contribution in [3.05, 3.63) is 41.3 Å². The number of benzene rings is 1. The molecule has 0 amide bonds. The molecule has 0 saturated heterocycles. The molecule has 1 aliphatic carbocycles. The third kappa shape index (κ3) is 3.64. The van der Waals surface area contributed by atoms with Gasteiger partial charge >= 0.3 is 0 Å². The molecule has 0 spiro atoms. The minimum atomic E-state index is 0. The zero-order chi connectivity index (χ0) is 11.7. The van der Waals surface area contributed by atoms with Gasteiger partial charge in [-0.15, -0.1) is 0 Å². The van der Waals surface area contributed by atoms with Gasteiger partial charge in [-0.1, -0.05) is 50.5 Å². The van der Waals surface area contributed by atoms with E-state index in [2.05, 4.69) is 52.3 Å². The molecule has 1 heteroatoms. The normalized spacial score (nSPS) is 28.6. The first-order valence-electron chi connectivity index (χ1n) is 6.50. The van der Waals surface area contributed by atoms with Gasteiger partial charge in [0.25, 0.3) is 0 Å². The van der Waals surface area contributed by atoms with E-state index < -0.39 is 0 Å². The molecule has 2 rings (SSSR count). The SMILES string of the molecule is Cc1ccc(C2CCC(C)[CH-]C2C)c(C)c1.[Y]. The van der Waals surface area contributed by atoms with Crippen molar-refractivity contribution in [3.8, 4) is 0 Å². The molecule has 1 fully saturated rings. The molecule has 1 radical (unpaired) electrons. The molecule has 0 nitrogen and oxygen atoms in total. The molecule has 0 heterocycles. The van der Waals surface area contributed by atoms with E-state index in [1.165, 1.54) is 24.0 Å². The Bertz CT molecular complexity index is 370. The number of hydrogen-bond acceptors (Lipinski definition) is 0. The van der Waals surface area contributed by atoms with Crippen molar-refractivity contribution in [2.75, 3.05) is 0 Å². The van der Waals surface area contributed by atoms with Crippen LogP contribution in [0.2, 0.25) is 0 Å². The van der Waals surface area contributed by atoms with E-state index in [9.17, 15) is 0 Å². The summed E-state index contributed by atoms with van der Waals surface area (Å²) in [6.07, 6.45) is 5.23. The Balaban J connectivity index is 0.00000144. The number of rotatable bonds is 1. The molecule has 1 aromatic carbocycles. The van der Waals surface area contributed by atoms with Crippen LogP contribution in [0.3, 0.4) is 0 Å². The Morgan fingerprint density at radius 3 is 2.41 bits per heavy atom. The maximum Gasteiger partial charge on any atom is 0 e. The van der Waals surface area contributed by atoms with Crippen molar-refractivity contribution in [3.63, 3.8) is 0 Å². The summed E-state index contributed by atoms with van der Waals surface area (Å²) >= 11 is 0. The summed E-state index contributed by atoms with van der Waals surface area (Å²) in [6, 6.07) is 6.92. The summed E-state index contributed by atoms with van der Waals surface area (Å²) in [7, 11) is 0. The van der Waals surface area contributed by atoms with Gasteiger partial charge in [0.1, 0.15) is 0 Å².